The zero-order valence-electron chi connectivity index (χ0n) is 6.03. The van der Waals surface area contributed by atoms with Gasteiger partial charge in [0.15, 0.2) is 0 Å². The summed E-state index contributed by atoms with van der Waals surface area (Å²) in [7, 11) is 0. The van der Waals surface area contributed by atoms with E-state index in [4.69, 9.17) is 5.73 Å². The SMILES string of the molecule is [CH2]C(C(N)=O)c1ccncc1. The highest BCUT2D eigenvalue weighted by Crippen LogP contribution is 2.11. The number of primary amides is 1. The molecular weight excluding hydrogens is 140 g/mol. The first-order chi connectivity index (χ1) is 5.22. The van der Waals surface area contributed by atoms with E-state index in [0.717, 1.165) is 5.56 Å². The monoisotopic (exact) mass is 149 g/mol. The Labute approximate surface area is 65.2 Å². The van der Waals surface area contributed by atoms with E-state index in [1.54, 1.807) is 24.5 Å². The zero-order valence-corrected chi connectivity index (χ0v) is 6.03. The Hall–Kier alpha value is -1.38. The molecule has 1 amide bonds. The van der Waals surface area contributed by atoms with E-state index in [9.17, 15) is 4.79 Å². The molecule has 1 radical (unpaired) electrons. The summed E-state index contributed by atoms with van der Waals surface area (Å²) in [6.45, 7) is 3.61. The summed E-state index contributed by atoms with van der Waals surface area (Å²) in [5.41, 5.74) is 5.84. The van der Waals surface area contributed by atoms with Crippen molar-refractivity contribution >= 4 is 5.91 Å². The molecule has 1 rings (SSSR count). The smallest absolute Gasteiger partial charge is 0.224 e. The fraction of sp³-hybridized carbons (Fsp3) is 0.125. The van der Waals surface area contributed by atoms with Gasteiger partial charge >= 0.3 is 0 Å². The molecule has 3 nitrogen and oxygen atoms in total. The van der Waals surface area contributed by atoms with Gasteiger partial charge in [-0.2, -0.15) is 0 Å². The molecule has 0 aliphatic rings. The number of carbonyl (C=O) groups excluding carboxylic acids is 1. The molecule has 0 saturated heterocycles. The third-order valence-electron chi connectivity index (χ3n) is 1.45. The van der Waals surface area contributed by atoms with Gasteiger partial charge in [0.1, 0.15) is 0 Å². The summed E-state index contributed by atoms with van der Waals surface area (Å²) in [4.78, 5) is 14.4. The topological polar surface area (TPSA) is 56.0 Å². The summed E-state index contributed by atoms with van der Waals surface area (Å²) in [6.07, 6.45) is 3.22. The predicted octanol–water partition coefficient (Wildman–Crippen LogP) is 0.485. The van der Waals surface area contributed by atoms with Crippen LogP contribution in [0.15, 0.2) is 24.5 Å². The van der Waals surface area contributed by atoms with E-state index in [-0.39, 0.29) is 0 Å². The first-order valence-corrected chi connectivity index (χ1v) is 3.24. The number of aromatic nitrogens is 1. The van der Waals surface area contributed by atoms with Crippen LogP contribution in [0.3, 0.4) is 0 Å². The number of amides is 1. The molecular formula is C8H9N2O. The van der Waals surface area contributed by atoms with Crippen molar-refractivity contribution in [3.8, 4) is 0 Å². The Morgan fingerprint density at radius 3 is 2.55 bits per heavy atom. The molecule has 0 aromatic carbocycles. The van der Waals surface area contributed by atoms with Crippen LogP contribution < -0.4 is 5.73 Å². The summed E-state index contributed by atoms with van der Waals surface area (Å²) >= 11 is 0. The van der Waals surface area contributed by atoms with E-state index >= 15 is 0 Å². The van der Waals surface area contributed by atoms with Gasteiger partial charge in [-0.25, -0.2) is 0 Å². The first-order valence-electron chi connectivity index (χ1n) is 3.24. The number of nitrogens with zero attached hydrogens (tertiary/aromatic N) is 1. The number of carbonyl (C=O) groups is 1. The van der Waals surface area contributed by atoms with E-state index in [1.807, 2.05) is 0 Å². The normalized spacial score (nSPS) is 12.5. The van der Waals surface area contributed by atoms with Crippen LogP contribution in [0, 0.1) is 6.92 Å². The summed E-state index contributed by atoms with van der Waals surface area (Å²) in [6, 6.07) is 3.45. The second-order valence-electron chi connectivity index (χ2n) is 2.24. The minimum absolute atomic E-state index is 0.420. The maximum atomic E-state index is 10.6. The lowest BCUT2D eigenvalue weighted by molar-refractivity contribution is -0.118. The molecule has 11 heavy (non-hydrogen) atoms. The quantitative estimate of drug-likeness (QED) is 0.665. The van der Waals surface area contributed by atoms with Gasteiger partial charge in [0.2, 0.25) is 5.91 Å². The van der Waals surface area contributed by atoms with Crippen molar-refractivity contribution < 1.29 is 4.79 Å². The maximum absolute atomic E-state index is 10.6. The van der Waals surface area contributed by atoms with Crippen molar-refractivity contribution in [2.24, 2.45) is 5.73 Å². The minimum Gasteiger partial charge on any atom is -0.369 e. The maximum Gasteiger partial charge on any atom is 0.224 e. The van der Waals surface area contributed by atoms with Crippen molar-refractivity contribution in [3.63, 3.8) is 0 Å². The number of rotatable bonds is 2. The molecule has 1 aromatic rings. The van der Waals surface area contributed by atoms with E-state index in [0.29, 0.717) is 0 Å². The number of nitrogens with two attached hydrogens (primary N) is 1. The van der Waals surface area contributed by atoms with Gasteiger partial charge in [0.05, 0.1) is 5.92 Å². The van der Waals surface area contributed by atoms with Gasteiger partial charge in [-0.15, -0.1) is 0 Å². The average Bonchev–Trinajstić information content (AvgIpc) is 2.05. The molecule has 0 aliphatic heterocycles. The Morgan fingerprint density at radius 1 is 1.55 bits per heavy atom. The largest absolute Gasteiger partial charge is 0.369 e. The van der Waals surface area contributed by atoms with Crippen LogP contribution in [-0.2, 0) is 4.79 Å². The van der Waals surface area contributed by atoms with Crippen LogP contribution in [0.5, 0.6) is 0 Å². The highest BCUT2D eigenvalue weighted by atomic mass is 16.1. The van der Waals surface area contributed by atoms with Gasteiger partial charge in [-0.3, -0.25) is 9.78 Å². The van der Waals surface area contributed by atoms with Crippen molar-refractivity contribution in [3.05, 3.63) is 37.0 Å². The third-order valence-corrected chi connectivity index (χ3v) is 1.45. The second-order valence-corrected chi connectivity index (χ2v) is 2.24. The minimum atomic E-state index is -0.474. The lowest BCUT2D eigenvalue weighted by Gasteiger charge is -2.04. The molecule has 1 unspecified atom stereocenters. The fourth-order valence-electron chi connectivity index (χ4n) is 0.760. The molecule has 1 atom stereocenters. The average molecular weight is 149 g/mol. The van der Waals surface area contributed by atoms with Crippen LogP contribution in [0.2, 0.25) is 0 Å². The predicted molar refractivity (Wildman–Crippen MR) is 41.5 cm³/mol. The molecule has 0 bridgehead atoms. The number of hydrogen-bond donors (Lipinski definition) is 1. The highest BCUT2D eigenvalue weighted by Gasteiger charge is 2.09. The molecule has 0 aliphatic carbocycles. The fourth-order valence-corrected chi connectivity index (χ4v) is 0.760. The van der Waals surface area contributed by atoms with Crippen LogP contribution >= 0.6 is 0 Å². The van der Waals surface area contributed by atoms with E-state index < -0.39 is 11.8 Å². The van der Waals surface area contributed by atoms with Crippen LogP contribution in [-0.4, -0.2) is 10.9 Å². The Morgan fingerprint density at radius 2 is 2.09 bits per heavy atom. The molecule has 1 aromatic heterocycles. The van der Waals surface area contributed by atoms with Gasteiger partial charge in [0.25, 0.3) is 0 Å². The molecule has 1 heterocycles. The summed E-state index contributed by atoms with van der Waals surface area (Å²) in [5.74, 6) is -0.894. The van der Waals surface area contributed by atoms with Gasteiger partial charge in [-0.1, -0.05) is 0 Å². The molecule has 3 heteroatoms. The number of hydrogen-bond acceptors (Lipinski definition) is 2. The Kier molecular flexibility index (Phi) is 2.21. The number of pyridine rings is 1. The van der Waals surface area contributed by atoms with Crippen molar-refractivity contribution in [2.75, 3.05) is 0 Å². The zero-order chi connectivity index (χ0) is 8.27. The van der Waals surface area contributed by atoms with Crippen molar-refractivity contribution in [1.82, 2.24) is 4.98 Å². The highest BCUT2D eigenvalue weighted by molar-refractivity contribution is 5.82. The summed E-state index contributed by atoms with van der Waals surface area (Å²) in [5, 5.41) is 0. The second kappa shape index (κ2) is 3.14. The molecule has 2 N–H and O–H groups in total. The van der Waals surface area contributed by atoms with Crippen LogP contribution in [0.25, 0.3) is 0 Å². The first kappa shape index (κ1) is 7.72. The Balaban J connectivity index is 2.85. The van der Waals surface area contributed by atoms with Gasteiger partial charge < -0.3 is 5.73 Å². The van der Waals surface area contributed by atoms with Crippen molar-refractivity contribution in [1.29, 1.82) is 0 Å². The lowest BCUT2D eigenvalue weighted by atomic mass is 10.0. The van der Waals surface area contributed by atoms with Crippen LogP contribution in [0.1, 0.15) is 11.5 Å². The molecule has 57 valence electrons. The van der Waals surface area contributed by atoms with Gasteiger partial charge in [-0.05, 0) is 24.6 Å². The molecule has 0 saturated carbocycles. The van der Waals surface area contributed by atoms with Crippen LogP contribution in [0.4, 0.5) is 0 Å². The Bertz CT molecular complexity index is 246. The van der Waals surface area contributed by atoms with Gasteiger partial charge in [0, 0.05) is 12.4 Å². The standard InChI is InChI=1S/C8H9N2O/c1-6(8(9)11)7-2-4-10-5-3-7/h2-6H,1H2,(H2,9,11). The van der Waals surface area contributed by atoms with Crippen molar-refractivity contribution in [2.45, 2.75) is 5.92 Å². The molecule has 0 fully saturated rings. The van der Waals surface area contributed by atoms with E-state index in [1.165, 1.54) is 0 Å². The molecule has 0 spiro atoms. The third kappa shape index (κ3) is 1.77. The summed E-state index contributed by atoms with van der Waals surface area (Å²) < 4.78 is 0. The lowest BCUT2D eigenvalue weighted by Crippen LogP contribution is -2.18. The van der Waals surface area contributed by atoms with E-state index in [2.05, 4.69) is 11.9 Å².